The highest BCUT2D eigenvalue weighted by Crippen LogP contribution is 2.19. The number of hydrogen-bond acceptors (Lipinski definition) is 8. The molecule has 0 aliphatic rings. The lowest BCUT2D eigenvalue weighted by atomic mass is 10.3. The van der Waals surface area contributed by atoms with E-state index in [-0.39, 0.29) is 4.90 Å². The highest BCUT2D eigenvalue weighted by molar-refractivity contribution is 7.86. The number of hydrogen-bond donors (Lipinski definition) is 7. The summed E-state index contributed by atoms with van der Waals surface area (Å²) in [5.74, 6) is -2.28. The SMILES string of the molecule is N[C@@H](CNC(=O)Nc1cc(S(=O)(=O)O)ccc1F)C(=O)O.Nc1cccc(S(=O)(=O)O)c1. The van der Waals surface area contributed by atoms with E-state index in [2.05, 4.69) is 5.32 Å². The summed E-state index contributed by atoms with van der Waals surface area (Å²) in [6, 6.07) is 5.38. The van der Waals surface area contributed by atoms with Gasteiger partial charge in [-0.1, -0.05) is 6.07 Å². The maximum absolute atomic E-state index is 13.4. The van der Waals surface area contributed by atoms with E-state index in [0.29, 0.717) is 11.8 Å². The number of anilines is 2. The highest BCUT2D eigenvalue weighted by Gasteiger charge is 2.16. The second-order valence-electron chi connectivity index (χ2n) is 5.94. The third-order valence-corrected chi connectivity index (χ3v) is 5.14. The number of halogens is 1. The number of aliphatic carboxylic acids is 1. The van der Waals surface area contributed by atoms with E-state index >= 15 is 0 Å². The second kappa shape index (κ2) is 10.8. The zero-order valence-corrected chi connectivity index (χ0v) is 17.6. The van der Waals surface area contributed by atoms with Crippen molar-refractivity contribution in [3.63, 3.8) is 0 Å². The highest BCUT2D eigenvalue weighted by atomic mass is 32.2. The predicted octanol–water partition coefficient (Wildman–Crippen LogP) is 0.121. The standard InChI is InChI=1S/C10H12FN3O6S.C6H7NO3S/c11-6-2-1-5(21(18,19)20)3-8(6)14-10(17)13-4-7(12)9(15)16;7-5-2-1-3-6(4-5)11(8,9)10/h1-3,7H,4,12H2,(H,15,16)(H2,13,14,17)(H,18,19,20);1-4H,7H2,(H,8,9,10)/t7-;/m0./s1. The van der Waals surface area contributed by atoms with Crippen LogP contribution in [0.3, 0.4) is 0 Å². The molecule has 16 heteroatoms. The van der Waals surface area contributed by atoms with Crippen LogP contribution in [0.15, 0.2) is 52.3 Å². The molecule has 0 saturated heterocycles. The molecule has 0 aliphatic carbocycles. The minimum Gasteiger partial charge on any atom is -0.480 e. The van der Waals surface area contributed by atoms with Crippen LogP contribution in [0.4, 0.5) is 20.6 Å². The number of amides is 2. The molecule has 2 rings (SSSR count). The van der Waals surface area contributed by atoms with Crippen LogP contribution >= 0.6 is 0 Å². The van der Waals surface area contributed by atoms with E-state index < -0.39 is 61.2 Å². The second-order valence-corrected chi connectivity index (χ2v) is 8.79. The first-order valence-corrected chi connectivity index (χ1v) is 11.1. The average molecular weight is 494 g/mol. The molecule has 0 bridgehead atoms. The van der Waals surface area contributed by atoms with E-state index in [0.717, 1.165) is 12.1 Å². The zero-order valence-electron chi connectivity index (χ0n) is 16.0. The third-order valence-electron chi connectivity index (χ3n) is 3.44. The largest absolute Gasteiger partial charge is 0.480 e. The number of nitrogen functional groups attached to an aromatic ring is 1. The molecule has 0 aromatic heterocycles. The first-order valence-electron chi connectivity index (χ1n) is 8.24. The summed E-state index contributed by atoms with van der Waals surface area (Å²) in [5, 5.41) is 12.5. The summed E-state index contributed by atoms with van der Waals surface area (Å²) in [6.45, 7) is -0.416. The molecule has 0 spiro atoms. The molecule has 2 aromatic carbocycles. The van der Waals surface area contributed by atoms with Crippen LogP contribution in [-0.4, -0.2) is 55.6 Å². The smallest absolute Gasteiger partial charge is 0.322 e. The van der Waals surface area contributed by atoms with Gasteiger partial charge in [0.1, 0.15) is 11.9 Å². The number of carbonyl (C=O) groups is 2. The van der Waals surface area contributed by atoms with Gasteiger partial charge in [-0.25, -0.2) is 9.18 Å². The maximum Gasteiger partial charge on any atom is 0.322 e. The fraction of sp³-hybridized carbons (Fsp3) is 0.125. The van der Waals surface area contributed by atoms with Gasteiger partial charge >= 0.3 is 12.0 Å². The average Bonchev–Trinajstić information content (AvgIpc) is 2.66. The molecule has 176 valence electrons. The van der Waals surface area contributed by atoms with E-state index in [1.54, 1.807) is 0 Å². The van der Waals surface area contributed by atoms with Crippen LogP contribution in [0.25, 0.3) is 0 Å². The van der Waals surface area contributed by atoms with Crippen LogP contribution in [0.5, 0.6) is 0 Å². The minimum atomic E-state index is -4.55. The quantitative estimate of drug-likeness (QED) is 0.210. The predicted molar refractivity (Wildman–Crippen MR) is 110 cm³/mol. The summed E-state index contributed by atoms with van der Waals surface area (Å²) in [6.07, 6.45) is 0. The van der Waals surface area contributed by atoms with Crippen molar-refractivity contribution in [1.29, 1.82) is 0 Å². The number of nitrogens with two attached hydrogens (primary N) is 2. The Balaban J connectivity index is 0.000000389. The molecular weight excluding hydrogens is 475 g/mol. The van der Waals surface area contributed by atoms with E-state index in [1.807, 2.05) is 5.32 Å². The molecule has 0 radical (unpaired) electrons. The maximum atomic E-state index is 13.4. The van der Waals surface area contributed by atoms with E-state index in [9.17, 15) is 30.8 Å². The molecular formula is C16H19FN4O9S2. The van der Waals surface area contributed by atoms with Crippen molar-refractivity contribution in [3.8, 4) is 0 Å². The molecule has 2 aromatic rings. The van der Waals surface area contributed by atoms with Crippen LogP contribution < -0.4 is 22.1 Å². The minimum absolute atomic E-state index is 0.183. The number of nitrogens with one attached hydrogen (secondary N) is 2. The van der Waals surface area contributed by atoms with Gasteiger partial charge in [-0.3, -0.25) is 13.9 Å². The van der Waals surface area contributed by atoms with Crippen LogP contribution in [0, 0.1) is 5.82 Å². The van der Waals surface area contributed by atoms with Crippen molar-refractivity contribution >= 4 is 43.6 Å². The van der Waals surface area contributed by atoms with Crippen LogP contribution in [0.1, 0.15) is 0 Å². The Morgan fingerprint density at radius 1 is 1.00 bits per heavy atom. The lowest BCUT2D eigenvalue weighted by Gasteiger charge is -2.11. The topological polar surface area (TPSA) is 239 Å². The van der Waals surface area contributed by atoms with Gasteiger partial charge in [0.05, 0.1) is 15.5 Å². The first kappa shape index (κ1) is 26.7. The third kappa shape index (κ3) is 8.82. The summed E-state index contributed by atoms with van der Waals surface area (Å²) >= 11 is 0. The molecule has 0 heterocycles. The van der Waals surface area contributed by atoms with E-state index in [1.165, 1.54) is 24.3 Å². The van der Waals surface area contributed by atoms with Crippen LogP contribution in [-0.2, 0) is 25.0 Å². The molecule has 13 nitrogen and oxygen atoms in total. The molecule has 9 N–H and O–H groups in total. The van der Waals surface area contributed by atoms with E-state index in [4.69, 9.17) is 25.7 Å². The Morgan fingerprint density at radius 3 is 2.03 bits per heavy atom. The Bertz CT molecular complexity index is 1200. The van der Waals surface area contributed by atoms with Gasteiger partial charge in [0, 0.05) is 12.2 Å². The summed E-state index contributed by atoms with van der Waals surface area (Å²) in [7, 11) is -8.66. The fourth-order valence-corrected chi connectivity index (χ4v) is 2.93. The van der Waals surface area contributed by atoms with Gasteiger partial charge in [0.15, 0.2) is 0 Å². The number of carbonyl (C=O) groups excluding carboxylic acids is 1. The lowest BCUT2D eigenvalue weighted by Crippen LogP contribution is -2.43. The lowest BCUT2D eigenvalue weighted by molar-refractivity contribution is -0.138. The van der Waals surface area contributed by atoms with Crippen molar-refractivity contribution in [2.75, 3.05) is 17.6 Å². The van der Waals surface area contributed by atoms with Gasteiger partial charge in [0.2, 0.25) is 0 Å². The van der Waals surface area contributed by atoms with Gasteiger partial charge in [-0.2, -0.15) is 16.8 Å². The molecule has 0 saturated carbocycles. The summed E-state index contributed by atoms with van der Waals surface area (Å²) < 4.78 is 73.5. The van der Waals surface area contributed by atoms with Gasteiger partial charge in [-0.15, -0.1) is 0 Å². The van der Waals surface area contributed by atoms with Crippen LogP contribution in [0.2, 0.25) is 0 Å². The molecule has 0 unspecified atom stereocenters. The van der Waals surface area contributed by atoms with Crippen molar-refractivity contribution in [3.05, 3.63) is 48.3 Å². The Kier molecular flexibility index (Phi) is 9.04. The van der Waals surface area contributed by atoms with Crippen molar-refractivity contribution in [2.45, 2.75) is 15.8 Å². The summed E-state index contributed by atoms with van der Waals surface area (Å²) in [5.41, 5.74) is 10.2. The zero-order chi connectivity index (χ0) is 24.7. The van der Waals surface area contributed by atoms with Crippen molar-refractivity contribution in [1.82, 2.24) is 5.32 Å². The first-order chi connectivity index (χ1) is 14.6. The number of urea groups is 1. The Morgan fingerprint density at radius 2 is 1.56 bits per heavy atom. The molecule has 2 amide bonds. The van der Waals surface area contributed by atoms with Gasteiger partial charge in [0.25, 0.3) is 20.2 Å². The summed E-state index contributed by atoms with van der Waals surface area (Å²) in [4.78, 5) is 21.0. The fourth-order valence-electron chi connectivity index (χ4n) is 1.89. The normalized spacial score (nSPS) is 12.1. The number of rotatable bonds is 6. The Hall–Kier alpha value is -3.31. The molecule has 0 fully saturated rings. The number of carboxylic acids is 1. The van der Waals surface area contributed by atoms with Gasteiger partial charge < -0.3 is 27.2 Å². The Labute approximate surface area is 181 Å². The molecule has 1 atom stereocenters. The number of carboxylic acid groups (broad SMARTS) is 1. The molecule has 0 aliphatic heterocycles. The molecule has 32 heavy (non-hydrogen) atoms. The monoisotopic (exact) mass is 494 g/mol. The van der Waals surface area contributed by atoms with Crippen molar-refractivity contribution < 1.29 is 45.0 Å². The van der Waals surface area contributed by atoms with Gasteiger partial charge in [-0.05, 0) is 36.4 Å². The number of benzene rings is 2. The van der Waals surface area contributed by atoms with Crippen molar-refractivity contribution in [2.24, 2.45) is 5.73 Å².